The minimum absolute atomic E-state index is 0.287. The van der Waals surface area contributed by atoms with Gasteiger partial charge in [0.2, 0.25) is 5.91 Å². The van der Waals surface area contributed by atoms with Gasteiger partial charge in [-0.3, -0.25) is 4.79 Å². The van der Waals surface area contributed by atoms with Gasteiger partial charge >= 0.3 is 0 Å². The topological polar surface area (TPSA) is 38.1 Å². The van der Waals surface area contributed by atoms with Gasteiger partial charge in [-0.1, -0.05) is 31.2 Å². The van der Waals surface area contributed by atoms with Crippen LogP contribution in [0.1, 0.15) is 43.1 Å². The van der Waals surface area contributed by atoms with Gasteiger partial charge in [0.05, 0.1) is 0 Å². The predicted molar refractivity (Wildman–Crippen MR) is 95.8 cm³/mol. The number of rotatable bonds is 6. The van der Waals surface area contributed by atoms with E-state index in [9.17, 15) is 4.79 Å². The Kier molecular flexibility index (Phi) is 5.34. The van der Waals surface area contributed by atoms with E-state index in [0.29, 0.717) is 12.5 Å². The third kappa shape index (κ3) is 3.86. The summed E-state index contributed by atoms with van der Waals surface area (Å²) in [6.45, 7) is 5.93. The van der Waals surface area contributed by atoms with Crippen molar-refractivity contribution in [1.29, 1.82) is 0 Å². The van der Waals surface area contributed by atoms with E-state index in [1.165, 1.54) is 11.1 Å². The van der Waals surface area contributed by atoms with Crippen LogP contribution in [0.3, 0.4) is 0 Å². The average molecular weight is 325 g/mol. The largest absolute Gasteiger partial charge is 0.338 e. The van der Waals surface area contributed by atoms with E-state index in [2.05, 4.69) is 45.6 Å². The number of imidazole rings is 1. The third-order valence-electron chi connectivity index (χ3n) is 5.09. The van der Waals surface area contributed by atoms with Gasteiger partial charge in [0.1, 0.15) is 5.82 Å². The molecule has 1 aromatic carbocycles. The number of carbonyl (C=O) groups excluding carboxylic acids is 1. The second kappa shape index (κ2) is 7.65. The van der Waals surface area contributed by atoms with Crippen LogP contribution >= 0.6 is 0 Å². The van der Waals surface area contributed by atoms with Crippen LogP contribution in [0.5, 0.6) is 0 Å². The zero-order chi connectivity index (χ0) is 16.9. The van der Waals surface area contributed by atoms with E-state index in [0.717, 1.165) is 44.6 Å². The normalized spacial score (nSPS) is 17.4. The van der Waals surface area contributed by atoms with E-state index < -0.39 is 0 Å². The molecule has 128 valence electrons. The number of benzene rings is 1. The van der Waals surface area contributed by atoms with E-state index in [1.54, 1.807) is 0 Å². The van der Waals surface area contributed by atoms with Gasteiger partial charge in [-0.15, -0.1) is 0 Å². The maximum absolute atomic E-state index is 12.7. The summed E-state index contributed by atoms with van der Waals surface area (Å²) in [6, 6.07) is 8.96. The zero-order valence-corrected chi connectivity index (χ0v) is 14.7. The molecular weight excluding hydrogens is 298 g/mol. The molecule has 0 N–H and O–H groups in total. The maximum atomic E-state index is 12.7. The lowest BCUT2D eigenvalue weighted by Crippen LogP contribution is -2.38. The van der Waals surface area contributed by atoms with Gasteiger partial charge in [-0.2, -0.15) is 0 Å². The molecule has 0 saturated carbocycles. The summed E-state index contributed by atoms with van der Waals surface area (Å²) in [5, 5.41) is 0. The second-order valence-electron chi connectivity index (χ2n) is 6.68. The summed E-state index contributed by atoms with van der Waals surface area (Å²) in [4.78, 5) is 19.0. The Balaban J connectivity index is 1.56. The zero-order valence-electron chi connectivity index (χ0n) is 14.7. The van der Waals surface area contributed by atoms with Gasteiger partial charge in [0, 0.05) is 37.9 Å². The highest BCUT2D eigenvalue weighted by molar-refractivity contribution is 5.77. The molecule has 24 heavy (non-hydrogen) atoms. The van der Waals surface area contributed by atoms with Gasteiger partial charge in [0.15, 0.2) is 0 Å². The smallest absolute Gasteiger partial charge is 0.223 e. The number of aryl methyl sites for hydroxylation is 3. The number of aromatic nitrogens is 2. The van der Waals surface area contributed by atoms with Crippen LogP contribution in [0.4, 0.5) is 0 Å². The van der Waals surface area contributed by atoms with E-state index in [4.69, 9.17) is 0 Å². The van der Waals surface area contributed by atoms with Gasteiger partial charge in [-0.05, 0) is 43.7 Å². The molecule has 1 aromatic heterocycles. The molecule has 4 heteroatoms. The van der Waals surface area contributed by atoms with Crippen molar-refractivity contribution in [3.8, 4) is 0 Å². The number of nitrogens with zero attached hydrogens (tertiary/aromatic N) is 3. The lowest BCUT2D eigenvalue weighted by molar-refractivity contribution is -0.132. The van der Waals surface area contributed by atoms with Gasteiger partial charge in [0.25, 0.3) is 0 Å². The Morgan fingerprint density at radius 1 is 1.25 bits per heavy atom. The highest BCUT2D eigenvalue weighted by atomic mass is 16.2. The average Bonchev–Trinajstić information content (AvgIpc) is 3.23. The van der Waals surface area contributed by atoms with Crippen molar-refractivity contribution in [2.75, 3.05) is 6.54 Å². The first-order valence-corrected chi connectivity index (χ1v) is 9.02. The van der Waals surface area contributed by atoms with E-state index in [-0.39, 0.29) is 5.91 Å². The molecule has 4 nitrogen and oxygen atoms in total. The summed E-state index contributed by atoms with van der Waals surface area (Å²) in [5.41, 5.74) is 2.60. The molecule has 0 aliphatic carbocycles. The van der Waals surface area contributed by atoms with Gasteiger partial charge < -0.3 is 9.47 Å². The molecule has 0 radical (unpaired) electrons. The summed E-state index contributed by atoms with van der Waals surface area (Å²) in [7, 11) is 0. The molecule has 3 rings (SSSR count). The molecule has 2 heterocycles. The SMILES string of the molecule is CCc1ccc(CCC(=O)N2CCCC2Cn2ccnc2C)cc1. The molecule has 1 aliphatic rings. The Bertz CT molecular complexity index is 674. The maximum Gasteiger partial charge on any atom is 0.223 e. The van der Waals surface area contributed by atoms with Crippen molar-refractivity contribution in [3.63, 3.8) is 0 Å². The van der Waals surface area contributed by atoms with Crippen LogP contribution in [-0.4, -0.2) is 32.9 Å². The minimum Gasteiger partial charge on any atom is -0.338 e. The fourth-order valence-corrected chi connectivity index (χ4v) is 3.51. The molecule has 0 bridgehead atoms. The van der Waals surface area contributed by atoms with Crippen LogP contribution < -0.4 is 0 Å². The third-order valence-corrected chi connectivity index (χ3v) is 5.09. The molecule has 2 aromatic rings. The van der Waals surface area contributed by atoms with Crippen LogP contribution in [-0.2, 0) is 24.2 Å². The van der Waals surface area contributed by atoms with Crippen molar-refractivity contribution in [3.05, 3.63) is 53.6 Å². The van der Waals surface area contributed by atoms with Gasteiger partial charge in [-0.25, -0.2) is 4.98 Å². The van der Waals surface area contributed by atoms with Crippen molar-refractivity contribution < 1.29 is 4.79 Å². The first-order chi connectivity index (χ1) is 11.7. The molecule has 1 amide bonds. The van der Waals surface area contributed by atoms with Crippen LogP contribution in [0.25, 0.3) is 0 Å². The molecule has 1 atom stereocenters. The lowest BCUT2D eigenvalue weighted by Gasteiger charge is -2.25. The quantitative estimate of drug-likeness (QED) is 0.816. The predicted octanol–water partition coefficient (Wildman–Crippen LogP) is 3.38. The number of hydrogen-bond acceptors (Lipinski definition) is 2. The first-order valence-electron chi connectivity index (χ1n) is 9.02. The number of carbonyl (C=O) groups is 1. The summed E-state index contributed by atoms with van der Waals surface area (Å²) >= 11 is 0. The minimum atomic E-state index is 0.287. The van der Waals surface area contributed by atoms with Crippen molar-refractivity contribution in [1.82, 2.24) is 14.5 Å². The number of hydrogen-bond donors (Lipinski definition) is 0. The number of amides is 1. The van der Waals surface area contributed by atoms with Crippen LogP contribution in [0.15, 0.2) is 36.7 Å². The van der Waals surface area contributed by atoms with E-state index >= 15 is 0 Å². The summed E-state index contributed by atoms with van der Waals surface area (Å²) in [6.07, 6.45) is 8.52. The highest BCUT2D eigenvalue weighted by Gasteiger charge is 2.28. The Hall–Kier alpha value is -2.10. The fourth-order valence-electron chi connectivity index (χ4n) is 3.51. The van der Waals surface area contributed by atoms with Crippen molar-refractivity contribution >= 4 is 5.91 Å². The fraction of sp³-hybridized carbons (Fsp3) is 0.500. The highest BCUT2D eigenvalue weighted by Crippen LogP contribution is 2.21. The molecule has 1 saturated heterocycles. The first kappa shape index (κ1) is 16.7. The lowest BCUT2D eigenvalue weighted by atomic mass is 10.1. The van der Waals surface area contributed by atoms with Crippen LogP contribution in [0.2, 0.25) is 0 Å². The molecule has 0 spiro atoms. The molecular formula is C20H27N3O. The van der Waals surface area contributed by atoms with Crippen molar-refractivity contribution in [2.24, 2.45) is 0 Å². The number of likely N-dealkylation sites (tertiary alicyclic amines) is 1. The Morgan fingerprint density at radius 2 is 2.00 bits per heavy atom. The van der Waals surface area contributed by atoms with E-state index in [1.807, 2.05) is 19.3 Å². The summed E-state index contributed by atoms with van der Waals surface area (Å²) < 4.78 is 2.15. The Labute approximate surface area is 144 Å². The van der Waals surface area contributed by atoms with Crippen LogP contribution in [0, 0.1) is 6.92 Å². The summed E-state index contributed by atoms with van der Waals surface area (Å²) in [5.74, 6) is 1.31. The second-order valence-corrected chi connectivity index (χ2v) is 6.68. The monoisotopic (exact) mass is 325 g/mol. The van der Waals surface area contributed by atoms with Crippen molar-refractivity contribution in [2.45, 2.75) is 58.5 Å². The molecule has 1 fully saturated rings. The Morgan fingerprint density at radius 3 is 2.67 bits per heavy atom. The standard InChI is InChI=1S/C20H27N3O/c1-3-17-6-8-18(9-7-17)10-11-20(24)23-13-4-5-19(23)15-22-14-12-21-16(22)2/h6-9,12,14,19H,3-5,10-11,13,15H2,1-2H3. The molecule has 1 unspecified atom stereocenters. The molecule has 1 aliphatic heterocycles.